The number of benzene rings is 1. The summed E-state index contributed by atoms with van der Waals surface area (Å²) in [7, 11) is 0. The lowest BCUT2D eigenvalue weighted by Crippen LogP contribution is -2.25. The van der Waals surface area contributed by atoms with Crippen LogP contribution in [0.5, 0.6) is 11.5 Å². The van der Waals surface area contributed by atoms with Crippen molar-refractivity contribution in [3.05, 3.63) is 23.8 Å². The topological polar surface area (TPSA) is 30.5 Å². The van der Waals surface area contributed by atoms with E-state index in [1.54, 1.807) is 0 Å². The van der Waals surface area contributed by atoms with Gasteiger partial charge in [0.25, 0.3) is 0 Å². The summed E-state index contributed by atoms with van der Waals surface area (Å²) >= 11 is 0. The molecule has 1 atom stereocenters. The molecule has 3 nitrogen and oxygen atoms in total. The standard InChI is InChI=1S/C18H29NO2/c1-5-19-14(2)9-6-7-12-20-16-11-8-10-15-13-18(3,4)21-17(15)16/h8,10-11,14,19H,5-7,9,12-13H2,1-4H3/t14-/m0/s1. The summed E-state index contributed by atoms with van der Waals surface area (Å²) < 4.78 is 12.0. The van der Waals surface area contributed by atoms with Crippen molar-refractivity contribution >= 4 is 0 Å². The average Bonchev–Trinajstić information content (AvgIpc) is 2.73. The van der Waals surface area contributed by atoms with Crippen molar-refractivity contribution < 1.29 is 9.47 Å². The van der Waals surface area contributed by atoms with Crippen molar-refractivity contribution in [3.8, 4) is 11.5 Å². The molecule has 2 rings (SSSR count). The van der Waals surface area contributed by atoms with Crippen LogP contribution in [0.4, 0.5) is 0 Å². The summed E-state index contributed by atoms with van der Waals surface area (Å²) in [6.45, 7) is 10.4. The van der Waals surface area contributed by atoms with Gasteiger partial charge < -0.3 is 14.8 Å². The first-order valence-electron chi connectivity index (χ1n) is 8.19. The molecule has 0 saturated carbocycles. The molecule has 1 N–H and O–H groups in total. The molecule has 0 aliphatic carbocycles. The van der Waals surface area contributed by atoms with E-state index in [9.17, 15) is 0 Å². The van der Waals surface area contributed by atoms with Gasteiger partial charge in [-0.05, 0) is 52.6 Å². The van der Waals surface area contributed by atoms with Crippen LogP contribution in [-0.2, 0) is 6.42 Å². The Labute approximate surface area is 129 Å². The van der Waals surface area contributed by atoms with Crippen LogP contribution in [0.2, 0.25) is 0 Å². The van der Waals surface area contributed by atoms with Gasteiger partial charge in [0.2, 0.25) is 0 Å². The Bertz CT molecular complexity index is 457. The second-order valence-corrected chi connectivity index (χ2v) is 6.59. The predicted molar refractivity (Wildman–Crippen MR) is 87.3 cm³/mol. The molecule has 118 valence electrons. The van der Waals surface area contributed by atoms with Crippen LogP contribution in [0.1, 0.15) is 52.5 Å². The number of hydrogen-bond donors (Lipinski definition) is 1. The first-order chi connectivity index (χ1) is 10.0. The highest BCUT2D eigenvalue weighted by Crippen LogP contribution is 2.41. The smallest absolute Gasteiger partial charge is 0.165 e. The summed E-state index contributed by atoms with van der Waals surface area (Å²) in [5.74, 6) is 1.85. The van der Waals surface area contributed by atoms with Crippen molar-refractivity contribution in [2.75, 3.05) is 13.2 Å². The molecule has 0 amide bonds. The molecule has 3 heteroatoms. The van der Waals surface area contributed by atoms with Crippen LogP contribution < -0.4 is 14.8 Å². The first kappa shape index (κ1) is 16.2. The summed E-state index contributed by atoms with van der Waals surface area (Å²) in [4.78, 5) is 0. The Morgan fingerprint density at radius 1 is 1.33 bits per heavy atom. The van der Waals surface area contributed by atoms with E-state index >= 15 is 0 Å². The van der Waals surface area contributed by atoms with E-state index in [-0.39, 0.29) is 5.60 Å². The molecule has 1 aliphatic rings. The zero-order chi connectivity index (χ0) is 15.3. The number of para-hydroxylation sites is 1. The Morgan fingerprint density at radius 2 is 2.14 bits per heavy atom. The normalized spacial score (nSPS) is 17.1. The molecule has 0 unspecified atom stereocenters. The highest BCUT2D eigenvalue weighted by atomic mass is 16.5. The monoisotopic (exact) mass is 291 g/mol. The second-order valence-electron chi connectivity index (χ2n) is 6.59. The van der Waals surface area contributed by atoms with Gasteiger partial charge in [0.15, 0.2) is 11.5 Å². The third kappa shape index (κ3) is 4.63. The summed E-state index contributed by atoms with van der Waals surface area (Å²) in [5, 5.41) is 3.44. The fraction of sp³-hybridized carbons (Fsp3) is 0.667. The van der Waals surface area contributed by atoms with Gasteiger partial charge in [-0.1, -0.05) is 19.1 Å². The van der Waals surface area contributed by atoms with Gasteiger partial charge in [-0.25, -0.2) is 0 Å². The molecule has 1 aromatic rings. The van der Waals surface area contributed by atoms with Crippen LogP contribution in [0, 0.1) is 0 Å². The average molecular weight is 291 g/mol. The summed E-state index contributed by atoms with van der Waals surface area (Å²) in [5.41, 5.74) is 1.15. The number of rotatable bonds is 8. The minimum Gasteiger partial charge on any atom is -0.490 e. The third-order valence-corrected chi connectivity index (χ3v) is 3.90. The number of fused-ring (bicyclic) bond motifs is 1. The predicted octanol–water partition coefficient (Wildman–Crippen LogP) is 3.95. The quantitative estimate of drug-likeness (QED) is 0.736. The van der Waals surface area contributed by atoms with Crippen molar-refractivity contribution in [1.29, 1.82) is 0 Å². The molecular formula is C18H29NO2. The zero-order valence-electron chi connectivity index (χ0n) is 13.9. The fourth-order valence-corrected chi connectivity index (χ4v) is 2.89. The minimum atomic E-state index is -0.108. The third-order valence-electron chi connectivity index (χ3n) is 3.90. The summed E-state index contributed by atoms with van der Waals surface area (Å²) in [6.07, 6.45) is 4.44. The molecule has 0 aromatic heterocycles. The molecule has 1 aromatic carbocycles. The van der Waals surface area contributed by atoms with Crippen molar-refractivity contribution in [2.24, 2.45) is 0 Å². The van der Waals surface area contributed by atoms with E-state index in [2.05, 4.69) is 45.1 Å². The molecule has 1 heterocycles. The lowest BCUT2D eigenvalue weighted by molar-refractivity contribution is 0.132. The Balaban J connectivity index is 1.77. The van der Waals surface area contributed by atoms with Crippen LogP contribution >= 0.6 is 0 Å². The lowest BCUT2D eigenvalue weighted by Gasteiger charge is -2.18. The van der Waals surface area contributed by atoms with Gasteiger partial charge in [0.1, 0.15) is 5.60 Å². The zero-order valence-corrected chi connectivity index (χ0v) is 13.9. The number of unbranched alkanes of at least 4 members (excludes halogenated alkanes) is 1. The maximum Gasteiger partial charge on any atom is 0.165 e. The molecule has 0 saturated heterocycles. The fourth-order valence-electron chi connectivity index (χ4n) is 2.89. The SMILES string of the molecule is CCN[C@@H](C)CCCCOc1cccc2c1OC(C)(C)C2. The minimum absolute atomic E-state index is 0.108. The van der Waals surface area contributed by atoms with Gasteiger partial charge in [-0.15, -0.1) is 0 Å². The van der Waals surface area contributed by atoms with Crippen molar-refractivity contribution in [3.63, 3.8) is 0 Å². The number of ether oxygens (including phenoxy) is 2. The van der Waals surface area contributed by atoms with E-state index in [4.69, 9.17) is 9.47 Å². The van der Waals surface area contributed by atoms with Gasteiger partial charge in [0, 0.05) is 18.0 Å². The van der Waals surface area contributed by atoms with Crippen LogP contribution in [0.3, 0.4) is 0 Å². The lowest BCUT2D eigenvalue weighted by atomic mass is 10.0. The molecule has 0 radical (unpaired) electrons. The van der Waals surface area contributed by atoms with E-state index in [1.165, 1.54) is 18.4 Å². The number of nitrogens with one attached hydrogen (secondary N) is 1. The van der Waals surface area contributed by atoms with E-state index in [1.807, 2.05) is 6.07 Å². The van der Waals surface area contributed by atoms with Crippen molar-refractivity contribution in [1.82, 2.24) is 5.32 Å². The van der Waals surface area contributed by atoms with Gasteiger partial charge >= 0.3 is 0 Å². The van der Waals surface area contributed by atoms with Crippen LogP contribution in [0.15, 0.2) is 18.2 Å². The van der Waals surface area contributed by atoms with Gasteiger partial charge in [-0.2, -0.15) is 0 Å². The highest BCUT2D eigenvalue weighted by Gasteiger charge is 2.32. The largest absolute Gasteiger partial charge is 0.490 e. The molecular weight excluding hydrogens is 262 g/mol. The molecule has 21 heavy (non-hydrogen) atoms. The van der Waals surface area contributed by atoms with Crippen LogP contribution in [0.25, 0.3) is 0 Å². The Hall–Kier alpha value is -1.22. The van der Waals surface area contributed by atoms with Crippen LogP contribution in [-0.4, -0.2) is 24.8 Å². The van der Waals surface area contributed by atoms with Gasteiger partial charge in [-0.3, -0.25) is 0 Å². The second kappa shape index (κ2) is 7.17. The molecule has 0 bridgehead atoms. The first-order valence-corrected chi connectivity index (χ1v) is 8.19. The van der Waals surface area contributed by atoms with Crippen molar-refractivity contribution in [2.45, 2.75) is 65.0 Å². The highest BCUT2D eigenvalue weighted by molar-refractivity contribution is 5.50. The maximum absolute atomic E-state index is 6.02. The molecule has 1 aliphatic heterocycles. The van der Waals surface area contributed by atoms with E-state index < -0.39 is 0 Å². The Kier molecular flexibility index (Phi) is 5.51. The number of hydrogen-bond acceptors (Lipinski definition) is 3. The van der Waals surface area contributed by atoms with E-state index in [0.29, 0.717) is 6.04 Å². The maximum atomic E-state index is 6.02. The summed E-state index contributed by atoms with van der Waals surface area (Å²) in [6, 6.07) is 6.81. The van der Waals surface area contributed by atoms with Gasteiger partial charge in [0.05, 0.1) is 6.61 Å². The molecule has 0 fully saturated rings. The molecule has 0 spiro atoms. The van der Waals surface area contributed by atoms with E-state index in [0.717, 1.165) is 37.5 Å². The Morgan fingerprint density at radius 3 is 2.90 bits per heavy atom.